The van der Waals surface area contributed by atoms with E-state index in [1.165, 1.54) is 13.0 Å². The van der Waals surface area contributed by atoms with Gasteiger partial charge in [-0.05, 0) is 34.7 Å². The lowest BCUT2D eigenvalue weighted by Crippen LogP contribution is -2.44. The largest absolute Gasteiger partial charge is 0.477 e. The van der Waals surface area contributed by atoms with Crippen LogP contribution in [-0.2, 0) is 16.0 Å². The third-order valence-electron chi connectivity index (χ3n) is 5.18. The number of halogens is 1. The highest BCUT2D eigenvalue weighted by molar-refractivity contribution is 5.88. The summed E-state index contributed by atoms with van der Waals surface area (Å²) in [5, 5.41) is 2.93. The van der Waals surface area contributed by atoms with E-state index in [4.69, 9.17) is 4.74 Å². The average Bonchev–Trinajstić information content (AvgIpc) is 3.16. The van der Waals surface area contributed by atoms with Crippen molar-refractivity contribution in [2.24, 2.45) is 10.9 Å². The van der Waals surface area contributed by atoms with Crippen LogP contribution in [-0.4, -0.2) is 30.5 Å². The van der Waals surface area contributed by atoms with Gasteiger partial charge in [0, 0.05) is 13.3 Å². The van der Waals surface area contributed by atoms with E-state index in [0.29, 0.717) is 24.5 Å². The molecule has 3 rings (SSSR count). The Bertz CT molecular complexity index is 851. The summed E-state index contributed by atoms with van der Waals surface area (Å²) in [6.07, 6.45) is 1.36. The minimum atomic E-state index is -0.243. The van der Waals surface area contributed by atoms with Gasteiger partial charge in [-0.2, -0.15) is 0 Å². The number of aliphatic imine (C=N–C) groups is 1. The van der Waals surface area contributed by atoms with Crippen molar-refractivity contribution in [3.05, 3.63) is 59.9 Å². The lowest BCUT2D eigenvalue weighted by Gasteiger charge is -2.22. The van der Waals surface area contributed by atoms with Crippen molar-refractivity contribution >= 4 is 11.8 Å². The number of carbonyl (C=O) groups is 1. The van der Waals surface area contributed by atoms with Gasteiger partial charge < -0.3 is 10.1 Å². The molecule has 4 nitrogen and oxygen atoms in total. The molecule has 0 unspecified atom stereocenters. The number of nitrogens with one attached hydrogen (secondary N) is 1. The predicted molar refractivity (Wildman–Crippen MR) is 110 cm³/mol. The van der Waals surface area contributed by atoms with Crippen LogP contribution >= 0.6 is 0 Å². The first kappa shape index (κ1) is 20.1. The monoisotopic (exact) mass is 382 g/mol. The molecule has 2 aromatic rings. The number of hydrogen-bond acceptors (Lipinski definition) is 3. The summed E-state index contributed by atoms with van der Waals surface area (Å²) in [6, 6.07) is 14.7. The van der Waals surface area contributed by atoms with E-state index in [0.717, 1.165) is 17.5 Å². The first-order valence-corrected chi connectivity index (χ1v) is 9.79. The van der Waals surface area contributed by atoms with Crippen LogP contribution in [0.1, 0.15) is 32.8 Å². The molecule has 3 atom stereocenters. The number of amides is 1. The molecule has 2 aromatic carbocycles. The molecule has 0 aliphatic carbocycles. The predicted octanol–water partition coefficient (Wildman–Crippen LogP) is 4.38. The van der Waals surface area contributed by atoms with E-state index in [2.05, 4.69) is 24.2 Å². The summed E-state index contributed by atoms with van der Waals surface area (Å²) in [6.45, 7) is 6.02. The molecular weight excluding hydrogens is 355 g/mol. The molecular formula is C23H27FN2O2. The molecule has 0 fully saturated rings. The van der Waals surface area contributed by atoms with Crippen LogP contribution in [0.25, 0.3) is 11.1 Å². The van der Waals surface area contributed by atoms with E-state index in [9.17, 15) is 9.18 Å². The molecule has 1 heterocycles. The third kappa shape index (κ3) is 4.77. The zero-order chi connectivity index (χ0) is 20.1. The maximum Gasteiger partial charge on any atom is 0.217 e. The molecule has 0 bridgehead atoms. The average molecular weight is 382 g/mol. The second kappa shape index (κ2) is 9.00. The Labute approximate surface area is 165 Å². The Kier molecular flexibility index (Phi) is 6.45. The smallest absolute Gasteiger partial charge is 0.217 e. The summed E-state index contributed by atoms with van der Waals surface area (Å²) in [5.41, 5.74) is 2.66. The van der Waals surface area contributed by atoms with Crippen molar-refractivity contribution < 1.29 is 13.9 Å². The highest BCUT2D eigenvalue weighted by Gasteiger charge is 2.30. The fourth-order valence-corrected chi connectivity index (χ4v) is 3.41. The zero-order valence-electron chi connectivity index (χ0n) is 16.6. The Balaban J connectivity index is 1.78. The van der Waals surface area contributed by atoms with Gasteiger partial charge in [-0.25, -0.2) is 9.38 Å². The molecule has 0 saturated heterocycles. The van der Waals surface area contributed by atoms with Gasteiger partial charge >= 0.3 is 0 Å². The topological polar surface area (TPSA) is 50.7 Å². The van der Waals surface area contributed by atoms with Crippen LogP contribution in [0.2, 0.25) is 0 Å². The highest BCUT2D eigenvalue weighted by atomic mass is 19.1. The second-order valence-electron chi connectivity index (χ2n) is 7.37. The number of benzene rings is 2. The van der Waals surface area contributed by atoms with E-state index < -0.39 is 0 Å². The van der Waals surface area contributed by atoms with Gasteiger partial charge in [0.25, 0.3) is 0 Å². The highest BCUT2D eigenvalue weighted by Crippen LogP contribution is 2.24. The maximum absolute atomic E-state index is 14.4. The fourth-order valence-electron chi connectivity index (χ4n) is 3.41. The van der Waals surface area contributed by atoms with Gasteiger partial charge in [0.15, 0.2) is 0 Å². The SMILES string of the molecule is CC[C@H](C)[C@H](NC(C)=O)C1=N[C@@H](Cc2cc(-c3ccccc3)ccc2F)CO1. The van der Waals surface area contributed by atoms with Crippen molar-refractivity contribution in [2.45, 2.75) is 45.7 Å². The molecule has 1 aliphatic heterocycles. The fraction of sp³-hybridized carbons (Fsp3) is 0.391. The van der Waals surface area contributed by atoms with Gasteiger partial charge in [-0.3, -0.25) is 4.79 Å². The minimum Gasteiger partial charge on any atom is -0.477 e. The summed E-state index contributed by atoms with van der Waals surface area (Å²) in [7, 11) is 0. The van der Waals surface area contributed by atoms with Gasteiger partial charge in [-0.1, -0.05) is 56.7 Å². The van der Waals surface area contributed by atoms with Crippen molar-refractivity contribution in [3.63, 3.8) is 0 Å². The van der Waals surface area contributed by atoms with E-state index in [1.807, 2.05) is 36.4 Å². The summed E-state index contributed by atoms with van der Waals surface area (Å²) < 4.78 is 20.2. The van der Waals surface area contributed by atoms with Crippen LogP contribution in [0, 0.1) is 11.7 Å². The molecule has 0 saturated carbocycles. The standard InChI is InChI=1S/C23H27FN2O2/c1-4-15(2)22(25-16(3)27)23-26-20(14-28-23)13-19-12-18(10-11-21(19)24)17-8-6-5-7-9-17/h5-12,15,20,22H,4,13-14H2,1-3H3,(H,25,27)/t15-,20-,22-/m0/s1. The third-order valence-corrected chi connectivity index (χ3v) is 5.18. The van der Waals surface area contributed by atoms with Gasteiger partial charge in [0.1, 0.15) is 18.5 Å². The van der Waals surface area contributed by atoms with Gasteiger partial charge in [0.2, 0.25) is 11.8 Å². The van der Waals surface area contributed by atoms with Gasteiger partial charge in [0.05, 0.1) is 6.04 Å². The van der Waals surface area contributed by atoms with Crippen LogP contribution in [0.3, 0.4) is 0 Å². The minimum absolute atomic E-state index is 0.110. The quantitative estimate of drug-likeness (QED) is 0.772. The first-order valence-electron chi connectivity index (χ1n) is 9.79. The van der Waals surface area contributed by atoms with Crippen LogP contribution in [0.4, 0.5) is 4.39 Å². The lowest BCUT2D eigenvalue weighted by atomic mass is 9.98. The molecule has 1 amide bonds. The Hall–Kier alpha value is -2.69. The summed E-state index contributed by atoms with van der Waals surface area (Å²) in [4.78, 5) is 16.2. The molecule has 148 valence electrons. The van der Waals surface area contributed by atoms with E-state index >= 15 is 0 Å². The van der Waals surface area contributed by atoms with Crippen LogP contribution in [0.15, 0.2) is 53.5 Å². The first-order chi connectivity index (χ1) is 13.5. The maximum atomic E-state index is 14.4. The van der Waals surface area contributed by atoms with Crippen LogP contribution < -0.4 is 5.32 Å². The van der Waals surface area contributed by atoms with Crippen molar-refractivity contribution in [3.8, 4) is 11.1 Å². The zero-order valence-corrected chi connectivity index (χ0v) is 16.6. The molecule has 1 aliphatic rings. The number of nitrogens with zero attached hydrogens (tertiary/aromatic N) is 1. The van der Waals surface area contributed by atoms with E-state index in [1.54, 1.807) is 6.07 Å². The normalized spacial score (nSPS) is 18.1. The van der Waals surface area contributed by atoms with Gasteiger partial charge in [-0.15, -0.1) is 0 Å². The number of carbonyl (C=O) groups excluding carboxylic acids is 1. The Morgan fingerprint density at radius 1 is 1.25 bits per heavy atom. The van der Waals surface area contributed by atoms with Crippen molar-refractivity contribution in [1.82, 2.24) is 5.32 Å². The van der Waals surface area contributed by atoms with Crippen LogP contribution in [0.5, 0.6) is 0 Å². The number of hydrogen-bond donors (Lipinski definition) is 1. The molecule has 28 heavy (non-hydrogen) atoms. The molecule has 0 aromatic heterocycles. The molecule has 5 heteroatoms. The number of rotatable bonds is 7. The summed E-state index contributed by atoms with van der Waals surface area (Å²) >= 11 is 0. The second-order valence-corrected chi connectivity index (χ2v) is 7.37. The molecule has 1 N–H and O–H groups in total. The lowest BCUT2D eigenvalue weighted by molar-refractivity contribution is -0.119. The van der Waals surface area contributed by atoms with Crippen molar-refractivity contribution in [1.29, 1.82) is 0 Å². The number of ether oxygens (including phenoxy) is 1. The Morgan fingerprint density at radius 2 is 2.00 bits per heavy atom. The Morgan fingerprint density at radius 3 is 2.68 bits per heavy atom. The molecule has 0 radical (unpaired) electrons. The summed E-state index contributed by atoms with van der Waals surface area (Å²) in [5.74, 6) is 0.416. The van der Waals surface area contributed by atoms with Crippen molar-refractivity contribution in [2.75, 3.05) is 6.61 Å². The molecule has 0 spiro atoms. The van der Waals surface area contributed by atoms with E-state index in [-0.39, 0.29) is 29.7 Å².